The molecule has 0 spiro atoms. The van der Waals surface area contributed by atoms with E-state index in [0.29, 0.717) is 12.4 Å². The number of carbonyl (C=O) groups is 1. The third-order valence-electron chi connectivity index (χ3n) is 2.93. The van der Waals surface area contributed by atoms with Crippen LogP contribution in [0, 0.1) is 5.92 Å². The van der Waals surface area contributed by atoms with E-state index in [1.54, 1.807) is 0 Å². The highest BCUT2D eigenvalue weighted by atomic mass is 79.9. The fourth-order valence-corrected chi connectivity index (χ4v) is 2.36. The molecule has 0 aliphatic carbocycles. The molecular weight excluding hydrogens is 296 g/mol. The number of carbonyl (C=O) groups excluding carboxylic acids is 1. The van der Waals surface area contributed by atoms with Gasteiger partial charge in [0.05, 0.1) is 18.2 Å². The molecule has 2 N–H and O–H groups in total. The number of hydrogen-bond acceptors (Lipinski definition) is 3. The predicted molar refractivity (Wildman–Crippen MR) is 74.9 cm³/mol. The zero-order valence-corrected chi connectivity index (χ0v) is 11.9. The molecule has 1 atom stereocenters. The summed E-state index contributed by atoms with van der Waals surface area (Å²) in [4.78, 5) is 12.1. The average Bonchev–Trinajstić information content (AvgIpc) is 2.86. The Morgan fingerprint density at radius 3 is 3.11 bits per heavy atom. The van der Waals surface area contributed by atoms with Crippen LogP contribution in [0.1, 0.15) is 13.3 Å². The lowest BCUT2D eigenvalue weighted by Gasteiger charge is -2.14. The maximum Gasteiger partial charge on any atom is 0.228 e. The van der Waals surface area contributed by atoms with Crippen molar-refractivity contribution < 1.29 is 9.53 Å². The number of halogens is 1. The van der Waals surface area contributed by atoms with Crippen molar-refractivity contribution >= 4 is 27.5 Å². The number of nitrogens with one attached hydrogen (secondary N) is 2. The van der Waals surface area contributed by atoms with Gasteiger partial charge in [0.15, 0.2) is 0 Å². The van der Waals surface area contributed by atoms with Gasteiger partial charge in [-0.25, -0.2) is 0 Å². The maximum atomic E-state index is 12.1. The Kier molecular flexibility index (Phi) is 4.60. The highest BCUT2D eigenvalue weighted by Crippen LogP contribution is 2.29. The largest absolute Gasteiger partial charge is 0.492 e. The van der Waals surface area contributed by atoms with Crippen molar-refractivity contribution in [3.8, 4) is 5.75 Å². The Hall–Kier alpha value is -1.07. The molecule has 98 valence electrons. The number of anilines is 1. The average molecular weight is 313 g/mol. The van der Waals surface area contributed by atoms with Crippen LogP contribution < -0.4 is 15.4 Å². The fraction of sp³-hybridized carbons (Fsp3) is 0.462. The quantitative estimate of drug-likeness (QED) is 0.897. The third kappa shape index (κ3) is 3.23. The van der Waals surface area contributed by atoms with Gasteiger partial charge in [0, 0.05) is 11.0 Å². The Labute approximate surface area is 115 Å². The van der Waals surface area contributed by atoms with Gasteiger partial charge in [0.25, 0.3) is 0 Å². The molecule has 4 nitrogen and oxygen atoms in total. The molecule has 1 saturated heterocycles. The van der Waals surface area contributed by atoms with Crippen LogP contribution in [0.5, 0.6) is 5.75 Å². The fourth-order valence-electron chi connectivity index (χ4n) is 1.99. The molecule has 5 heteroatoms. The van der Waals surface area contributed by atoms with E-state index in [1.165, 1.54) is 0 Å². The molecule has 1 aromatic rings. The summed E-state index contributed by atoms with van der Waals surface area (Å²) in [6.07, 6.45) is 0.893. The minimum absolute atomic E-state index is 0.0541. The van der Waals surface area contributed by atoms with Crippen LogP contribution in [0.4, 0.5) is 5.69 Å². The van der Waals surface area contributed by atoms with E-state index in [2.05, 4.69) is 26.6 Å². The van der Waals surface area contributed by atoms with Gasteiger partial charge >= 0.3 is 0 Å². The van der Waals surface area contributed by atoms with Crippen molar-refractivity contribution in [2.75, 3.05) is 25.0 Å². The van der Waals surface area contributed by atoms with Gasteiger partial charge in [0.2, 0.25) is 5.91 Å². The van der Waals surface area contributed by atoms with Gasteiger partial charge in [-0.3, -0.25) is 4.79 Å². The first-order chi connectivity index (χ1) is 8.70. The molecule has 18 heavy (non-hydrogen) atoms. The molecule has 1 aromatic carbocycles. The first-order valence-electron chi connectivity index (χ1n) is 6.14. The summed E-state index contributed by atoms with van der Waals surface area (Å²) in [6, 6.07) is 5.62. The van der Waals surface area contributed by atoms with E-state index in [0.717, 1.165) is 29.7 Å². The van der Waals surface area contributed by atoms with Crippen molar-refractivity contribution in [3.05, 3.63) is 22.7 Å². The highest BCUT2D eigenvalue weighted by molar-refractivity contribution is 9.10. The van der Waals surface area contributed by atoms with Crippen molar-refractivity contribution in [2.45, 2.75) is 13.3 Å². The van der Waals surface area contributed by atoms with Gasteiger partial charge in [-0.05, 0) is 38.1 Å². The van der Waals surface area contributed by atoms with Crippen molar-refractivity contribution in [3.63, 3.8) is 0 Å². The molecule has 0 bridgehead atoms. The van der Waals surface area contributed by atoms with Gasteiger partial charge in [-0.15, -0.1) is 0 Å². The second kappa shape index (κ2) is 6.20. The minimum Gasteiger partial charge on any atom is -0.492 e. The standard InChI is InChI=1S/C13H17BrN2O2/c1-2-18-12-4-3-10(14)7-11(12)16-13(17)9-5-6-15-8-9/h3-4,7,9,15H,2,5-6,8H2,1H3,(H,16,17). The summed E-state index contributed by atoms with van der Waals surface area (Å²) in [7, 11) is 0. The summed E-state index contributed by atoms with van der Waals surface area (Å²) < 4.78 is 6.43. The van der Waals surface area contributed by atoms with Crippen LogP contribution >= 0.6 is 15.9 Å². The number of ether oxygens (including phenoxy) is 1. The molecule has 0 aromatic heterocycles. The van der Waals surface area contributed by atoms with Gasteiger partial charge in [-0.1, -0.05) is 15.9 Å². The van der Waals surface area contributed by atoms with E-state index in [1.807, 2.05) is 25.1 Å². The maximum absolute atomic E-state index is 12.1. The number of hydrogen-bond donors (Lipinski definition) is 2. The number of amides is 1. The molecule has 1 fully saturated rings. The summed E-state index contributed by atoms with van der Waals surface area (Å²) in [5, 5.41) is 6.13. The number of rotatable bonds is 4. The topological polar surface area (TPSA) is 50.4 Å². The highest BCUT2D eigenvalue weighted by Gasteiger charge is 2.23. The molecule has 1 aliphatic heterocycles. The van der Waals surface area contributed by atoms with E-state index >= 15 is 0 Å². The summed E-state index contributed by atoms with van der Waals surface area (Å²) in [5.41, 5.74) is 0.725. The van der Waals surface area contributed by atoms with Crippen molar-refractivity contribution in [2.24, 2.45) is 5.92 Å². The Bertz CT molecular complexity index is 431. The molecule has 1 amide bonds. The first kappa shape index (κ1) is 13.4. The number of benzene rings is 1. The molecule has 0 saturated carbocycles. The first-order valence-corrected chi connectivity index (χ1v) is 6.94. The smallest absolute Gasteiger partial charge is 0.228 e. The van der Waals surface area contributed by atoms with Crippen LogP contribution in [-0.4, -0.2) is 25.6 Å². The summed E-state index contributed by atoms with van der Waals surface area (Å²) in [6.45, 7) is 4.17. The summed E-state index contributed by atoms with van der Waals surface area (Å²) in [5.74, 6) is 0.817. The van der Waals surface area contributed by atoms with Crippen LogP contribution in [-0.2, 0) is 4.79 Å². The summed E-state index contributed by atoms with van der Waals surface area (Å²) >= 11 is 3.40. The Balaban J connectivity index is 2.11. The van der Waals surface area contributed by atoms with E-state index in [4.69, 9.17) is 4.74 Å². The minimum atomic E-state index is 0.0541. The zero-order chi connectivity index (χ0) is 13.0. The molecule has 0 radical (unpaired) electrons. The lowest BCUT2D eigenvalue weighted by Crippen LogP contribution is -2.24. The predicted octanol–water partition coefficient (Wildman–Crippen LogP) is 2.40. The zero-order valence-electron chi connectivity index (χ0n) is 10.3. The van der Waals surface area contributed by atoms with E-state index in [-0.39, 0.29) is 11.8 Å². The molecule has 1 aliphatic rings. The van der Waals surface area contributed by atoms with Crippen LogP contribution in [0.15, 0.2) is 22.7 Å². The SMILES string of the molecule is CCOc1ccc(Br)cc1NC(=O)C1CCNC1. The Morgan fingerprint density at radius 2 is 2.44 bits per heavy atom. The van der Waals surface area contributed by atoms with Crippen LogP contribution in [0.2, 0.25) is 0 Å². The molecular formula is C13H17BrN2O2. The van der Waals surface area contributed by atoms with Gasteiger partial charge in [0.1, 0.15) is 5.75 Å². The van der Waals surface area contributed by atoms with Gasteiger partial charge < -0.3 is 15.4 Å². The second-order valence-corrected chi connectivity index (χ2v) is 5.17. The van der Waals surface area contributed by atoms with Gasteiger partial charge in [-0.2, -0.15) is 0 Å². The lowest BCUT2D eigenvalue weighted by molar-refractivity contribution is -0.119. The monoisotopic (exact) mass is 312 g/mol. The van der Waals surface area contributed by atoms with Crippen molar-refractivity contribution in [1.29, 1.82) is 0 Å². The Morgan fingerprint density at radius 1 is 1.61 bits per heavy atom. The second-order valence-electron chi connectivity index (χ2n) is 4.25. The third-order valence-corrected chi connectivity index (χ3v) is 3.42. The molecule has 2 rings (SSSR count). The van der Waals surface area contributed by atoms with E-state index < -0.39 is 0 Å². The van der Waals surface area contributed by atoms with Crippen LogP contribution in [0.3, 0.4) is 0 Å². The lowest BCUT2D eigenvalue weighted by atomic mass is 10.1. The van der Waals surface area contributed by atoms with Crippen LogP contribution in [0.25, 0.3) is 0 Å². The van der Waals surface area contributed by atoms with Crippen molar-refractivity contribution in [1.82, 2.24) is 5.32 Å². The molecule has 1 heterocycles. The normalized spacial score (nSPS) is 18.7. The van der Waals surface area contributed by atoms with E-state index in [9.17, 15) is 4.79 Å². The molecule has 1 unspecified atom stereocenters.